The summed E-state index contributed by atoms with van der Waals surface area (Å²) in [5.41, 5.74) is 2.57. The molecule has 0 aromatic heterocycles. The molecule has 21 heavy (non-hydrogen) atoms. The van der Waals surface area contributed by atoms with E-state index in [1.54, 1.807) is 0 Å². The third-order valence-corrected chi connectivity index (χ3v) is 3.34. The highest BCUT2D eigenvalue weighted by molar-refractivity contribution is 5.93. The zero-order chi connectivity index (χ0) is 15.8. The van der Waals surface area contributed by atoms with Crippen molar-refractivity contribution >= 4 is 5.97 Å². The Morgan fingerprint density at radius 2 is 1.90 bits per heavy atom. The summed E-state index contributed by atoms with van der Waals surface area (Å²) in [7, 11) is 0. The topological polar surface area (TPSA) is 35.5 Å². The SMILES string of the molecule is CCOC(=O)c1cc(C)cc(C)c1OCCCCC(C)C. The van der Waals surface area contributed by atoms with Crippen LogP contribution in [0.15, 0.2) is 12.1 Å². The average Bonchev–Trinajstić information content (AvgIpc) is 2.39. The number of carbonyl (C=O) groups is 1. The molecule has 0 radical (unpaired) electrons. The second kappa shape index (κ2) is 8.71. The third kappa shape index (κ3) is 5.78. The second-order valence-electron chi connectivity index (χ2n) is 5.92. The molecule has 0 unspecified atom stereocenters. The highest BCUT2D eigenvalue weighted by Gasteiger charge is 2.16. The first kappa shape index (κ1) is 17.5. The molecule has 3 nitrogen and oxygen atoms in total. The summed E-state index contributed by atoms with van der Waals surface area (Å²) < 4.78 is 11.0. The summed E-state index contributed by atoms with van der Waals surface area (Å²) in [6, 6.07) is 3.88. The molecule has 0 aliphatic heterocycles. The van der Waals surface area contributed by atoms with Crippen molar-refractivity contribution in [3.8, 4) is 5.75 Å². The minimum absolute atomic E-state index is 0.304. The number of benzene rings is 1. The molecule has 0 N–H and O–H groups in total. The van der Waals surface area contributed by atoms with Gasteiger partial charge in [0.25, 0.3) is 0 Å². The summed E-state index contributed by atoms with van der Waals surface area (Å²) in [6.07, 6.45) is 3.37. The fourth-order valence-corrected chi connectivity index (χ4v) is 2.34. The molecule has 0 saturated heterocycles. The molecule has 0 spiro atoms. The Morgan fingerprint density at radius 1 is 1.19 bits per heavy atom. The monoisotopic (exact) mass is 292 g/mol. The third-order valence-electron chi connectivity index (χ3n) is 3.34. The van der Waals surface area contributed by atoms with Gasteiger partial charge in [-0.3, -0.25) is 0 Å². The molecule has 118 valence electrons. The Balaban J connectivity index is 2.73. The lowest BCUT2D eigenvalue weighted by Crippen LogP contribution is -2.10. The standard InChI is InChI=1S/C18H28O3/c1-6-20-18(19)16-12-14(4)11-15(5)17(16)21-10-8-7-9-13(2)3/h11-13H,6-10H2,1-5H3. The first-order valence-corrected chi connectivity index (χ1v) is 7.86. The zero-order valence-corrected chi connectivity index (χ0v) is 14.0. The van der Waals surface area contributed by atoms with Gasteiger partial charge in [0.05, 0.1) is 13.2 Å². The van der Waals surface area contributed by atoms with Crippen molar-refractivity contribution in [2.75, 3.05) is 13.2 Å². The van der Waals surface area contributed by atoms with Gasteiger partial charge in [-0.15, -0.1) is 0 Å². The van der Waals surface area contributed by atoms with Crippen LogP contribution in [-0.2, 0) is 4.74 Å². The van der Waals surface area contributed by atoms with E-state index < -0.39 is 0 Å². The molecule has 1 aromatic rings. The molecule has 0 atom stereocenters. The van der Waals surface area contributed by atoms with Gasteiger partial charge in [0.1, 0.15) is 11.3 Å². The molecule has 1 rings (SSSR count). The maximum atomic E-state index is 12.0. The van der Waals surface area contributed by atoms with E-state index in [4.69, 9.17) is 9.47 Å². The molecule has 0 amide bonds. The number of unbranched alkanes of at least 4 members (excludes halogenated alkanes) is 1. The van der Waals surface area contributed by atoms with E-state index in [9.17, 15) is 4.79 Å². The van der Waals surface area contributed by atoms with Crippen molar-refractivity contribution in [2.45, 2.75) is 53.9 Å². The number of carbonyl (C=O) groups excluding carboxylic acids is 1. The van der Waals surface area contributed by atoms with E-state index >= 15 is 0 Å². The quantitative estimate of drug-likeness (QED) is 0.515. The van der Waals surface area contributed by atoms with Crippen molar-refractivity contribution in [3.05, 3.63) is 28.8 Å². The van der Waals surface area contributed by atoms with Crippen LogP contribution in [0, 0.1) is 19.8 Å². The smallest absolute Gasteiger partial charge is 0.341 e. The fraction of sp³-hybridized carbons (Fsp3) is 0.611. The summed E-state index contributed by atoms with van der Waals surface area (Å²) >= 11 is 0. The first-order chi connectivity index (χ1) is 9.95. The van der Waals surface area contributed by atoms with Crippen molar-refractivity contribution < 1.29 is 14.3 Å². The van der Waals surface area contributed by atoms with Crippen LogP contribution in [-0.4, -0.2) is 19.2 Å². The van der Waals surface area contributed by atoms with Crippen molar-refractivity contribution in [2.24, 2.45) is 5.92 Å². The number of ether oxygens (including phenoxy) is 2. The maximum absolute atomic E-state index is 12.0. The lowest BCUT2D eigenvalue weighted by molar-refractivity contribution is 0.0521. The lowest BCUT2D eigenvalue weighted by Gasteiger charge is -2.15. The molecule has 1 aromatic carbocycles. The Bertz CT molecular complexity index is 464. The van der Waals surface area contributed by atoms with Gasteiger partial charge in [-0.05, 0) is 56.7 Å². The molecule has 3 heteroatoms. The van der Waals surface area contributed by atoms with Crippen LogP contribution in [0.2, 0.25) is 0 Å². The molecule has 0 aliphatic carbocycles. The maximum Gasteiger partial charge on any atom is 0.341 e. The number of hydrogen-bond acceptors (Lipinski definition) is 3. The molecular formula is C18H28O3. The molecule has 0 aliphatic rings. The van der Waals surface area contributed by atoms with Gasteiger partial charge in [0.15, 0.2) is 0 Å². The van der Waals surface area contributed by atoms with E-state index in [-0.39, 0.29) is 5.97 Å². The van der Waals surface area contributed by atoms with Gasteiger partial charge in [0, 0.05) is 0 Å². The fourth-order valence-electron chi connectivity index (χ4n) is 2.34. The van der Waals surface area contributed by atoms with Gasteiger partial charge < -0.3 is 9.47 Å². The van der Waals surface area contributed by atoms with Crippen molar-refractivity contribution in [1.82, 2.24) is 0 Å². The Morgan fingerprint density at radius 3 is 2.52 bits per heavy atom. The van der Waals surface area contributed by atoms with Crippen LogP contribution >= 0.6 is 0 Å². The Hall–Kier alpha value is -1.51. The summed E-state index contributed by atoms with van der Waals surface area (Å²) in [5.74, 6) is 1.09. The summed E-state index contributed by atoms with van der Waals surface area (Å²) in [6.45, 7) is 11.2. The van der Waals surface area contributed by atoms with Crippen LogP contribution in [0.4, 0.5) is 0 Å². The molecule has 0 heterocycles. The first-order valence-electron chi connectivity index (χ1n) is 7.86. The Kier molecular flexibility index (Phi) is 7.27. The van der Waals surface area contributed by atoms with Crippen LogP contribution in [0.1, 0.15) is 61.5 Å². The van der Waals surface area contributed by atoms with Crippen LogP contribution in [0.25, 0.3) is 0 Å². The Labute approximate surface area is 128 Å². The van der Waals surface area contributed by atoms with E-state index in [1.807, 2.05) is 32.9 Å². The molecule has 0 saturated carbocycles. The number of esters is 1. The minimum atomic E-state index is -0.304. The van der Waals surface area contributed by atoms with Crippen LogP contribution < -0.4 is 4.74 Å². The number of rotatable bonds is 8. The van der Waals surface area contributed by atoms with Crippen LogP contribution in [0.5, 0.6) is 5.75 Å². The molecule has 0 bridgehead atoms. The van der Waals surface area contributed by atoms with E-state index in [0.717, 1.165) is 29.9 Å². The van der Waals surface area contributed by atoms with Crippen molar-refractivity contribution in [1.29, 1.82) is 0 Å². The van der Waals surface area contributed by atoms with E-state index in [0.29, 0.717) is 24.5 Å². The van der Waals surface area contributed by atoms with E-state index in [2.05, 4.69) is 13.8 Å². The van der Waals surface area contributed by atoms with Crippen molar-refractivity contribution in [3.63, 3.8) is 0 Å². The van der Waals surface area contributed by atoms with Crippen LogP contribution in [0.3, 0.4) is 0 Å². The van der Waals surface area contributed by atoms with Gasteiger partial charge >= 0.3 is 5.97 Å². The highest BCUT2D eigenvalue weighted by Crippen LogP contribution is 2.26. The summed E-state index contributed by atoms with van der Waals surface area (Å²) in [4.78, 5) is 12.0. The minimum Gasteiger partial charge on any atom is -0.492 e. The largest absolute Gasteiger partial charge is 0.492 e. The molecule has 0 fully saturated rings. The number of hydrogen-bond donors (Lipinski definition) is 0. The summed E-state index contributed by atoms with van der Waals surface area (Å²) in [5, 5.41) is 0. The lowest BCUT2D eigenvalue weighted by atomic mass is 10.1. The van der Waals surface area contributed by atoms with E-state index in [1.165, 1.54) is 6.42 Å². The van der Waals surface area contributed by atoms with Gasteiger partial charge in [-0.2, -0.15) is 0 Å². The van der Waals surface area contributed by atoms with Gasteiger partial charge in [-0.25, -0.2) is 4.79 Å². The molecular weight excluding hydrogens is 264 g/mol. The second-order valence-corrected chi connectivity index (χ2v) is 5.92. The predicted octanol–water partition coefficient (Wildman–Crippen LogP) is 4.69. The number of aryl methyl sites for hydroxylation is 2. The zero-order valence-electron chi connectivity index (χ0n) is 14.0. The predicted molar refractivity (Wildman–Crippen MR) is 86.1 cm³/mol. The highest BCUT2D eigenvalue weighted by atomic mass is 16.5. The normalized spacial score (nSPS) is 10.8. The average molecular weight is 292 g/mol. The van der Waals surface area contributed by atoms with Gasteiger partial charge in [-0.1, -0.05) is 26.3 Å². The van der Waals surface area contributed by atoms with Gasteiger partial charge in [0.2, 0.25) is 0 Å².